The van der Waals surface area contributed by atoms with Crippen LogP contribution < -0.4 is 5.11 Å². The monoisotopic (exact) mass is 1280 g/mol. The summed E-state index contributed by atoms with van der Waals surface area (Å²) in [5.41, 5.74) is 0. The second kappa shape index (κ2) is 73.1. The number of esters is 2. The average Bonchev–Trinajstić information content (AvgIpc) is 3.46. The molecule has 0 aromatic rings. The number of carbonyl (C=O) groups is 3. The van der Waals surface area contributed by atoms with Crippen LogP contribution in [0.4, 0.5) is 0 Å². The van der Waals surface area contributed by atoms with E-state index < -0.39 is 24.3 Å². The number of carbonyl (C=O) groups excluding carboxylic acids is 3. The molecule has 0 amide bonds. The second-order valence-electron chi connectivity index (χ2n) is 28.3. The number of rotatable bonds is 75. The van der Waals surface area contributed by atoms with E-state index in [1.165, 1.54) is 308 Å². The maximum absolute atomic E-state index is 13.0. The van der Waals surface area contributed by atoms with E-state index in [9.17, 15) is 19.5 Å². The summed E-state index contributed by atoms with van der Waals surface area (Å²) in [7, 11) is 5.95. The van der Waals surface area contributed by atoms with Crippen LogP contribution in [0.3, 0.4) is 0 Å². The summed E-state index contributed by atoms with van der Waals surface area (Å²) < 4.78 is 22.9. The summed E-state index contributed by atoms with van der Waals surface area (Å²) >= 11 is 0. The summed E-state index contributed by atoms with van der Waals surface area (Å²) in [6.45, 7) is 4.72. The number of unbranched alkanes of at least 4 members (excludes halogenated alkanes) is 52. The quantitative estimate of drug-likeness (QED) is 0.0195. The Hall–Kier alpha value is -2.75. The summed E-state index contributed by atoms with van der Waals surface area (Å²) in [5, 5.41) is 11.9. The van der Waals surface area contributed by atoms with Crippen LogP contribution in [0.1, 0.15) is 399 Å². The van der Waals surface area contributed by atoms with Gasteiger partial charge in [0.15, 0.2) is 12.4 Å². The lowest BCUT2D eigenvalue weighted by molar-refractivity contribution is -0.870. The van der Waals surface area contributed by atoms with E-state index in [0.29, 0.717) is 17.4 Å². The van der Waals surface area contributed by atoms with E-state index in [0.717, 1.165) is 64.2 Å². The molecular weight excluding hydrogens is 1130 g/mol. The summed E-state index contributed by atoms with van der Waals surface area (Å²) in [4.78, 5) is 37.6. The highest BCUT2D eigenvalue weighted by atomic mass is 16.7. The molecule has 2 unspecified atom stereocenters. The number of quaternary nitrogens is 1. The first-order valence-corrected chi connectivity index (χ1v) is 39.8. The smallest absolute Gasteiger partial charge is 0.306 e. The zero-order valence-electron chi connectivity index (χ0n) is 61.2. The van der Waals surface area contributed by atoms with Crippen molar-refractivity contribution < 1.29 is 42.9 Å². The van der Waals surface area contributed by atoms with Gasteiger partial charge in [0, 0.05) is 12.8 Å². The minimum absolute atomic E-state index is 0.151. The van der Waals surface area contributed by atoms with Crippen molar-refractivity contribution in [2.75, 3.05) is 47.5 Å². The lowest BCUT2D eigenvalue weighted by Crippen LogP contribution is -2.44. The van der Waals surface area contributed by atoms with Gasteiger partial charge in [-0.15, -0.1) is 0 Å². The second-order valence-corrected chi connectivity index (χ2v) is 28.3. The molecule has 2 atom stereocenters. The molecule has 0 fully saturated rings. The number of nitrogens with zero attached hydrogens (tertiary/aromatic N) is 1. The van der Waals surface area contributed by atoms with Crippen molar-refractivity contribution in [1.29, 1.82) is 0 Å². The Kier molecular flexibility index (Phi) is 70.9. The molecule has 0 aromatic carbocycles. The van der Waals surface area contributed by atoms with Crippen molar-refractivity contribution in [1.82, 2.24) is 0 Å². The fourth-order valence-electron chi connectivity index (χ4n) is 12.1. The number of allylic oxidation sites excluding steroid dienone is 8. The molecule has 0 spiro atoms. The third kappa shape index (κ3) is 74.5. The van der Waals surface area contributed by atoms with Crippen LogP contribution in [0, 0.1) is 0 Å². The van der Waals surface area contributed by atoms with E-state index in [1.54, 1.807) is 0 Å². The molecule has 91 heavy (non-hydrogen) atoms. The van der Waals surface area contributed by atoms with Crippen molar-refractivity contribution >= 4 is 17.9 Å². The minimum atomic E-state index is -1.62. The number of hydrogen-bond donors (Lipinski definition) is 0. The van der Waals surface area contributed by atoms with Gasteiger partial charge in [-0.2, -0.15) is 0 Å². The summed E-state index contributed by atoms with van der Waals surface area (Å²) in [5.74, 6) is -2.25. The Morgan fingerprint density at radius 1 is 0.341 bits per heavy atom. The van der Waals surface area contributed by atoms with Crippen LogP contribution in [-0.2, 0) is 33.3 Å². The fourth-order valence-corrected chi connectivity index (χ4v) is 12.1. The molecular formula is C82H153NO8. The first kappa shape index (κ1) is 88.2. The zero-order valence-corrected chi connectivity index (χ0v) is 61.2. The largest absolute Gasteiger partial charge is 0.545 e. The van der Waals surface area contributed by atoms with E-state index in [4.69, 9.17) is 18.9 Å². The molecule has 0 rings (SSSR count). The number of aliphatic carboxylic acids is 1. The Morgan fingerprint density at radius 2 is 0.626 bits per heavy atom. The summed E-state index contributed by atoms with van der Waals surface area (Å²) in [6, 6.07) is 0. The molecule has 0 aromatic heterocycles. The Bertz CT molecular complexity index is 1630. The highest BCUT2D eigenvalue weighted by molar-refractivity contribution is 5.70. The normalized spacial score (nSPS) is 12.8. The lowest BCUT2D eigenvalue weighted by atomic mass is 10.0. The highest BCUT2D eigenvalue weighted by Gasteiger charge is 2.22. The number of likely N-dealkylation sites (N-methyl/N-ethyl adjacent to an activating group) is 1. The predicted octanol–water partition coefficient (Wildman–Crippen LogP) is 23.9. The molecule has 0 aliphatic carbocycles. The van der Waals surface area contributed by atoms with Gasteiger partial charge in [0.25, 0.3) is 0 Å². The van der Waals surface area contributed by atoms with E-state index in [2.05, 4.69) is 62.5 Å². The SMILES string of the molecule is CC/C=C\C/C=C\C/C=C\C/C=C\CCCCCCCCCCCCCCCCCCCCCCCCCCCCC(=O)OC(COC(=O)CCCCCCCCCCCCCCCCCCCCCCCCCCCCC)COC(OCC[N+](C)(C)C)C(=O)[O-]. The van der Waals surface area contributed by atoms with Crippen LogP contribution in [-0.4, -0.2) is 82.3 Å². The van der Waals surface area contributed by atoms with Crippen molar-refractivity contribution in [3.8, 4) is 0 Å². The predicted molar refractivity (Wildman–Crippen MR) is 389 cm³/mol. The standard InChI is InChI=1S/C82H153NO8/c1-6-8-10-12-14-16-18-20-22-24-26-28-30-32-34-35-36-37-38-39-40-41-42-43-44-45-47-49-51-53-55-57-59-61-63-65-67-69-71-73-80(85)91-78(77-90-82(81(86)87)88-75-74-83(3,4)5)76-89-79(84)72-70-68-66-64-62-60-58-56-54-52-50-48-46-33-31-29-27-25-23-21-19-17-15-13-11-9-7-2/h8,10,14,16,20,22,26,28,78,82H,6-7,9,11-13,15,17-19,21,23-25,27,29-77H2,1-5H3/b10-8-,16-14-,22-20-,28-26-. The number of carboxylic acid groups (broad SMARTS) is 1. The van der Waals surface area contributed by atoms with Gasteiger partial charge >= 0.3 is 11.9 Å². The molecule has 9 heteroatoms. The lowest BCUT2D eigenvalue weighted by Gasteiger charge is -2.26. The van der Waals surface area contributed by atoms with Crippen LogP contribution in [0.2, 0.25) is 0 Å². The number of carboxylic acids is 1. The van der Waals surface area contributed by atoms with E-state index in [1.807, 2.05) is 21.1 Å². The minimum Gasteiger partial charge on any atom is -0.545 e. The highest BCUT2D eigenvalue weighted by Crippen LogP contribution is 2.20. The van der Waals surface area contributed by atoms with Crippen LogP contribution in [0.25, 0.3) is 0 Å². The van der Waals surface area contributed by atoms with Crippen LogP contribution >= 0.6 is 0 Å². The first-order chi connectivity index (χ1) is 44.6. The summed E-state index contributed by atoms with van der Waals surface area (Å²) in [6.07, 6.45) is 92.4. The van der Waals surface area contributed by atoms with Crippen LogP contribution in [0.5, 0.6) is 0 Å². The third-order valence-electron chi connectivity index (χ3n) is 18.1. The van der Waals surface area contributed by atoms with E-state index >= 15 is 0 Å². The maximum atomic E-state index is 13.0. The number of hydrogen-bond acceptors (Lipinski definition) is 8. The molecule has 9 nitrogen and oxygen atoms in total. The van der Waals surface area contributed by atoms with Crippen molar-refractivity contribution in [3.05, 3.63) is 48.6 Å². The van der Waals surface area contributed by atoms with Gasteiger partial charge in [-0.25, -0.2) is 0 Å². The third-order valence-corrected chi connectivity index (χ3v) is 18.1. The van der Waals surface area contributed by atoms with Gasteiger partial charge in [-0.05, 0) is 51.4 Å². The molecule has 534 valence electrons. The van der Waals surface area contributed by atoms with Gasteiger partial charge in [0.2, 0.25) is 0 Å². The Morgan fingerprint density at radius 3 is 0.934 bits per heavy atom. The molecule has 0 N–H and O–H groups in total. The molecule has 0 bridgehead atoms. The maximum Gasteiger partial charge on any atom is 0.306 e. The van der Waals surface area contributed by atoms with Crippen molar-refractivity contribution in [2.24, 2.45) is 0 Å². The van der Waals surface area contributed by atoms with Gasteiger partial charge < -0.3 is 33.3 Å². The molecule has 0 saturated heterocycles. The number of ether oxygens (including phenoxy) is 4. The molecule has 0 saturated carbocycles. The zero-order chi connectivity index (χ0) is 66.1. The van der Waals surface area contributed by atoms with E-state index in [-0.39, 0.29) is 32.2 Å². The topological polar surface area (TPSA) is 111 Å². The molecule has 0 heterocycles. The van der Waals surface area contributed by atoms with Gasteiger partial charge in [-0.1, -0.05) is 383 Å². The van der Waals surface area contributed by atoms with Gasteiger partial charge in [0.05, 0.1) is 40.3 Å². The van der Waals surface area contributed by atoms with Gasteiger partial charge in [0.1, 0.15) is 13.2 Å². The Labute approximate surface area is 565 Å². The average molecular weight is 1280 g/mol. The van der Waals surface area contributed by atoms with Gasteiger partial charge in [-0.3, -0.25) is 9.59 Å². The van der Waals surface area contributed by atoms with Crippen molar-refractivity contribution in [2.45, 2.75) is 411 Å². The fraction of sp³-hybridized carbons (Fsp3) is 0.866. The first-order valence-electron chi connectivity index (χ1n) is 39.8. The molecule has 0 radical (unpaired) electrons. The van der Waals surface area contributed by atoms with Crippen molar-refractivity contribution in [3.63, 3.8) is 0 Å². The molecule has 0 aliphatic heterocycles. The Balaban J connectivity index is 3.95. The molecule has 0 aliphatic rings. The van der Waals surface area contributed by atoms with Crippen LogP contribution in [0.15, 0.2) is 48.6 Å².